The molecule has 0 saturated carbocycles. The summed E-state index contributed by atoms with van der Waals surface area (Å²) in [5.41, 5.74) is 1.37. The van der Waals surface area contributed by atoms with Crippen molar-refractivity contribution in [1.82, 2.24) is 10.2 Å². The Morgan fingerprint density at radius 1 is 1.37 bits per heavy atom. The molecule has 0 aliphatic carbocycles. The second kappa shape index (κ2) is 7.78. The predicted molar refractivity (Wildman–Crippen MR) is 81.8 cm³/mol. The fourth-order valence-corrected chi connectivity index (χ4v) is 3.13. The van der Waals surface area contributed by atoms with Crippen LogP contribution >= 0.6 is 0 Å². The Morgan fingerprint density at radius 2 is 2.16 bits per heavy atom. The monoisotopic (exact) mass is 280 g/mol. The van der Waals surface area contributed by atoms with Gasteiger partial charge < -0.3 is 10.2 Å². The van der Waals surface area contributed by atoms with Crippen molar-refractivity contribution >= 4 is 10.8 Å². The number of rotatable bonds is 5. The van der Waals surface area contributed by atoms with Crippen LogP contribution in [-0.2, 0) is 10.8 Å². The Hall–Kier alpha value is -0.710. The lowest BCUT2D eigenvalue weighted by Gasteiger charge is -2.24. The lowest BCUT2D eigenvalue weighted by atomic mass is 10.1. The first-order valence-electron chi connectivity index (χ1n) is 7.06. The second-order valence-electron chi connectivity index (χ2n) is 5.20. The van der Waals surface area contributed by atoms with E-state index in [2.05, 4.69) is 40.5 Å². The van der Waals surface area contributed by atoms with Gasteiger partial charge in [0.05, 0.1) is 0 Å². The van der Waals surface area contributed by atoms with Crippen LogP contribution in [0.5, 0.6) is 0 Å². The van der Waals surface area contributed by atoms with Crippen LogP contribution in [-0.4, -0.2) is 47.3 Å². The number of nitrogens with zero attached hydrogens (tertiary/aromatic N) is 1. The molecule has 2 rings (SSSR count). The van der Waals surface area contributed by atoms with Crippen LogP contribution in [0.2, 0.25) is 0 Å². The molecule has 0 amide bonds. The molecule has 3 nitrogen and oxygen atoms in total. The highest BCUT2D eigenvalue weighted by Gasteiger charge is 2.18. The van der Waals surface area contributed by atoms with Crippen molar-refractivity contribution in [3.8, 4) is 0 Å². The van der Waals surface area contributed by atoms with Crippen LogP contribution in [0.3, 0.4) is 0 Å². The highest BCUT2D eigenvalue weighted by Crippen LogP contribution is 2.16. The van der Waals surface area contributed by atoms with E-state index < -0.39 is 10.8 Å². The first kappa shape index (κ1) is 14.7. The van der Waals surface area contributed by atoms with Crippen LogP contribution in [0.1, 0.15) is 24.4 Å². The molecular weight excluding hydrogens is 256 g/mol. The molecular formula is C15H24N2OS. The normalized spacial score (nSPS) is 22.9. The number of nitrogens with one attached hydrogen (secondary N) is 1. The van der Waals surface area contributed by atoms with Crippen LogP contribution in [0.4, 0.5) is 0 Å². The molecule has 19 heavy (non-hydrogen) atoms. The minimum Gasteiger partial charge on any atom is -0.309 e. The molecule has 1 saturated heterocycles. The third-order valence-corrected chi connectivity index (χ3v) is 4.45. The molecule has 2 atom stereocenters. The summed E-state index contributed by atoms with van der Waals surface area (Å²) in [6.45, 7) is 4.34. The van der Waals surface area contributed by atoms with Gasteiger partial charge in [-0.1, -0.05) is 30.3 Å². The molecule has 1 aliphatic rings. The number of hydrogen-bond acceptors (Lipinski definition) is 3. The summed E-state index contributed by atoms with van der Waals surface area (Å²) in [7, 11) is -0.661. The van der Waals surface area contributed by atoms with Gasteiger partial charge >= 0.3 is 0 Å². The van der Waals surface area contributed by atoms with Crippen molar-refractivity contribution in [2.75, 3.05) is 38.2 Å². The van der Waals surface area contributed by atoms with Crippen molar-refractivity contribution in [3.63, 3.8) is 0 Å². The fourth-order valence-electron chi connectivity index (χ4n) is 2.60. The third kappa shape index (κ3) is 5.05. The smallest absolute Gasteiger partial charge is 0.0449 e. The first-order chi connectivity index (χ1) is 9.25. The SMILES string of the molecule is CS(=O)CCCN1CCCNC(c2ccccc2)C1. The van der Waals surface area contributed by atoms with Crippen LogP contribution < -0.4 is 5.32 Å². The van der Waals surface area contributed by atoms with Gasteiger partial charge in [0.2, 0.25) is 0 Å². The molecule has 1 N–H and O–H groups in total. The minimum atomic E-state index is -0.661. The van der Waals surface area contributed by atoms with E-state index in [1.54, 1.807) is 6.26 Å². The molecule has 0 spiro atoms. The van der Waals surface area contributed by atoms with Gasteiger partial charge in [-0.3, -0.25) is 4.21 Å². The van der Waals surface area contributed by atoms with Crippen LogP contribution in [0.25, 0.3) is 0 Å². The number of hydrogen-bond donors (Lipinski definition) is 1. The van der Waals surface area contributed by atoms with Crippen LogP contribution in [0.15, 0.2) is 30.3 Å². The molecule has 1 aromatic rings. The zero-order valence-electron chi connectivity index (χ0n) is 11.7. The fraction of sp³-hybridized carbons (Fsp3) is 0.600. The summed E-state index contributed by atoms with van der Waals surface area (Å²) in [5.74, 6) is 0.819. The Kier molecular flexibility index (Phi) is 6.01. The van der Waals surface area contributed by atoms with Gasteiger partial charge in [-0.2, -0.15) is 0 Å². The van der Waals surface area contributed by atoms with E-state index in [1.807, 2.05) is 0 Å². The topological polar surface area (TPSA) is 32.3 Å². The van der Waals surface area contributed by atoms with Gasteiger partial charge in [-0.25, -0.2) is 0 Å². The van der Waals surface area contributed by atoms with Crippen LogP contribution in [0, 0.1) is 0 Å². The quantitative estimate of drug-likeness (QED) is 0.892. The van der Waals surface area contributed by atoms with Crippen molar-refractivity contribution in [3.05, 3.63) is 35.9 Å². The molecule has 2 unspecified atom stereocenters. The highest BCUT2D eigenvalue weighted by molar-refractivity contribution is 7.84. The maximum Gasteiger partial charge on any atom is 0.0449 e. The summed E-state index contributed by atoms with van der Waals surface area (Å²) < 4.78 is 11.1. The third-order valence-electron chi connectivity index (χ3n) is 3.59. The standard InChI is InChI=1S/C15H24N2OS/c1-19(18)12-6-11-17-10-5-9-16-15(13-17)14-7-3-2-4-8-14/h2-4,7-8,15-16H,5-6,9-13H2,1H3. The lowest BCUT2D eigenvalue weighted by molar-refractivity contribution is 0.270. The summed E-state index contributed by atoms with van der Waals surface area (Å²) in [5, 5.41) is 3.63. The molecule has 4 heteroatoms. The molecule has 0 aromatic heterocycles. The predicted octanol–water partition coefficient (Wildman–Crippen LogP) is 1.79. The largest absolute Gasteiger partial charge is 0.309 e. The van der Waals surface area contributed by atoms with Crippen molar-refractivity contribution in [1.29, 1.82) is 0 Å². The van der Waals surface area contributed by atoms with E-state index in [-0.39, 0.29) is 0 Å². The maximum atomic E-state index is 11.1. The van der Waals surface area contributed by atoms with Gasteiger partial charge in [0, 0.05) is 35.4 Å². The Balaban J connectivity index is 1.89. The first-order valence-corrected chi connectivity index (χ1v) is 8.79. The molecule has 1 fully saturated rings. The molecule has 1 aliphatic heterocycles. The lowest BCUT2D eigenvalue weighted by Crippen LogP contribution is -2.32. The zero-order valence-corrected chi connectivity index (χ0v) is 12.5. The minimum absolute atomic E-state index is 0.427. The second-order valence-corrected chi connectivity index (χ2v) is 6.76. The summed E-state index contributed by atoms with van der Waals surface area (Å²) in [4.78, 5) is 2.50. The van der Waals surface area contributed by atoms with Crippen molar-refractivity contribution in [2.45, 2.75) is 18.9 Å². The van der Waals surface area contributed by atoms with E-state index in [9.17, 15) is 4.21 Å². The Morgan fingerprint density at radius 3 is 2.89 bits per heavy atom. The van der Waals surface area contributed by atoms with E-state index in [0.29, 0.717) is 6.04 Å². The Labute approximate surface area is 118 Å². The molecule has 1 aromatic carbocycles. The van der Waals surface area contributed by atoms with E-state index in [4.69, 9.17) is 0 Å². The molecule has 0 bridgehead atoms. The average Bonchev–Trinajstić information content (AvgIpc) is 2.65. The van der Waals surface area contributed by atoms with Gasteiger partial charge in [-0.05, 0) is 38.0 Å². The highest BCUT2D eigenvalue weighted by atomic mass is 32.2. The van der Waals surface area contributed by atoms with E-state index >= 15 is 0 Å². The molecule has 106 valence electrons. The van der Waals surface area contributed by atoms with Gasteiger partial charge in [0.25, 0.3) is 0 Å². The molecule has 1 heterocycles. The summed E-state index contributed by atoms with van der Waals surface area (Å²) in [6, 6.07) is 11.1. The van der Waals surface area contributed by atoms with E-state index in [1.165, 1.54) is 12.0 Å². The van der Waals surface area contributed by atoms with E-state index in [0.717, 1.165) is 38.4 Å². The maximum absolute atomic E-state index is 11.1. The summed E-state index contributed by atoms with van der Waals surface area (Å²) in [6.07, 6.45) is 4.01. The van der Waals surface area contributed by atoms with Gasteiger partial charge in [0.1, 0.15) is 0 Å². The number of benzene rings is 1. The Bertz CT molecular complexity index is 396. The van der Waals surface area contributed by atoms with Crippen molar-refractivity contribution < 1.29 is 4.21 Å². The van der Waals surface area contributed by atoms with Gasteiger partial charge in [-0.15, -0.1) is 0 Å². The average molecular weight is 280 g/mol. The molecule has 0 radical (unpaired) electrons. The zero-order chi connectivity index (χ0) is 13.5. The summed E-state index contributed by atoms with van der Waals surface area (Å²) >= 11 is 0. The van der Waals surface area contributed by atoms with Crippen molar-refractivity contribution in [2.24, 2.45) is 0 Å². The van der Waals surface area contributed by atoms with Gasteiger partial charge in [0.15, 0.2) is 0 Å².